The van der Waals surface area contributed by atoms with E-state index in [2.05, 4.69) is 0 Å². The van der Waals surface area contributed by atoms with Gasteiger partial charge in [0.2, 0.25) is 0 Å². The number of rotatable bonds is 5. The summed E-state index contributed by atoms with van der Waals surface area (Å²) in [6.45, 7) is 0. The Morgan fingerprint density at radius 1 is 0.750 bits per heavy atom. The molecule has 0 amide bonds. The molecule has 0 atom stereocenters. The summed E-state index contributed by atoms with van der Waals surface area (Å²) in [6, 6.07) is 14.1. The maximum atomic E-state index is 10.9. The molecule has 2 aromatic rings. The van der Waals surface area contributed by atoms with Crippen molar-refractivity contribution >= 4 is 53.3 Å². The standard InChI is InChI=1S/C14H10O4Te2/c15-13(16)9-3-1-5-11(7-9)19-20-12-6-2-4-10(8-12)14(17)18/h1-8H,(H,15,16)(H,17,18). The molecule has 0 fully saturated rings. The Bertz CT molecular complexity index is 598. The molecule has 0 unspecified atom stereocenters. The van der Waals surface area contributed by atoms with Gasteiger partial charge in [0.15, 0.2) is 0 Å². The van der Waals surface area contributed by atoms with Gasteiger partial charge in [-0.3, -0.25) is 0 Å². The van der Waals surface area contributed by atoms with Crippen LogP contribution in [0.2, 0.25) is 0 Å². The molecule has 0 aromatic heterocycles. The fraction of sp³-hybridized carbons (Fsp3) is 0. The number of hydrogen-bond donors (Lipinski definition) is 2. The van der Waals surface area contributed by atoms with E-state index in [1.807, 2.05) is 12.1 Å². The molecule has 0 saturated carbocycles. The molecule has 0 aliphatic rings. The summed E-state index contributed by atoms with van der Waals surface area (Å²) in [5.41, 5.74) is 0.638. The van der Waals surface area contributed by atoms with Crippen molar-refractivity contribution in [1.29, 1.82) is 0 Å². The van der Waals surface area contributed by atoms with Crippen LogP contribution in [0.1, 0.15) is 20.7 Å². The number of carboxylic acid groups (broad SMARTS) is 2. The van der Waals surface area contributed by atoms with Gasteiger partial charge >= 0.3 is 133 Å². The third-order valence-corrected chi connectivity index (χ3v) is 14.1. The van der Waals surface area contributed by atoms with Crippen molar-refractivity contribution in [2.45, 2.75) is 0 Å². The third-order valence-electron chi connectivity index (χ3n) is 2.40. The summed E-state index contributed by atoms with van der Waals surface area (Å²) in [6.07, 6.45) is 0. The summed E-state index contributed by atoms with van der Waals surface area (Å²) in [4.78, 5) is 21.8. The molecule has 2 rings (SSSR count). The average molecular weight is 497 g/mol. The zero-order valence-electron chi connectivity index (χ0n) is 10.1. The molecule has 20 heavy (non-hydrogen) atoms. The molecule has 102 valence electrons. The topological polar surface area (TPSA) is 74.6 Å². The first-order valence-electron chi connectivity index (χ1n) is 5.57. The Hall–Kier alpha value is -1.04. The van der Waals surface area contributed by atoms with E-state index in [1.54, 1.807) is 36.4 Å². The second-order valence-corrected chi connectivity index (χ2v) is 13.9. The summed E-state index contributed by atoms with van der Waals surface area (Å²) in [5, 5.41) is 17.9. The van der Waals surface area contributed by atoms with E-state index >= 15 is 0 Å². The van der Waals surface area contributed by atoms with E-state index in [0.717, 1.165) is 7.22 Å². The fourth-order valence-corrected chi connectivity index (χ4v) is 11.4. The Morgan fingerprint density at radius 2 is 1.15 bits per heavy atom. The monoisotopic (exact) mass is 502 g/mol. The molecule has 0 heterocycles. The first-order chi connectivity index (χ1) is 9.56. The molecule has 4 nitrogen and oxygen atoms in total. The van der Waals surface area contributed by atoms with Gasteiger partial charge in [-0.2, -0.15) is 0 Å². The Morgan fingerprint density at radius 3 is 1.50 bits per heavy atom. The van der Waals surface area contributed by atoms with Crippen molar-refractivity contribution in [3.63, 3.8) is 0 Å². The molecule has 0 bridgehead atoms. The van der Waals surface area contributed by atoms with Crippen LogP contribution in [-0.4, -0.2) is 56.3 Å². The van der Waals surface area contributed by atoms with Gasteiger partial charge < -0.3 is 0 Å². The second-order valence-electron chi connectivity index (χ2n) is 3.83. The normalized spacial score (nSPS) is 10.2. The number of carboxylic acids is 2. The predicted molar refractivity (Wildman–Crippen MR) is 77.6 cm³/mol. The summed E-state index contributed by atoms with van der Waals surface area (Å²) in [5.74, 6) is -1.82. The minimum atomic E-state index is -0.909. The summed E-state index contributed by atoms with van der Waals surface area (Å²) in [7, 11) is 0. The maximum absolute atomic E-state index is 10.9. The van der Waals surface area contributed by atoms with E-state index in [4.69, 9.17) is 10.2 Å². The van der Waals surface area contributed by atoms with Gasteiger partial charge in [-0.25, -0.2) is 0 Å². The van der Waals surface area contributed by atoms with E-state index < -0.39 is 46.1 Å². The Kier molecular flexibility index (Phi) is 5.45. The number of carbonyl (C=O) groups is 2. The quantitative estimate of drug-likeness (QED) is 0.586. The summed E-state index contributed by atoms with van der Waals surface area (Å²) < 4.78 is 2.22. The van der Waals surface area contributed by atoms with E-state index in [9.17, 15) is 9.59 Å². The SMILES string of the molecule is O=C(O)c1cccc([Te][Te]c2cccc(C(=O)O)c2)c1. The van der Waals surface area contributed by atoms with Crippen LogP contribution in [0.5, 0.6) is 0 Å². The van der Waals surface area contributed by atoms with Gasteiger partial charge in [0.05, 0.1) is 0 Å². The zero-order chi connectivity index (χ0) is 14.5. The predicted octanol–water partition coefficient (Wildman–Crippen LogP) is 0.357. The van der Waals surface area contributed by atoms with Crippen LogP contribution in [0, 0.1) is 0 Å². The second kappa shape index (κ2) is 7.11. The van der Waals surface area contributed by atoms with E-state index in [0.29, 0.717) is 11.1 Å². The minimum absolute atomic E-state index is 0.319. The van der Waals surface area contributed by atoms with Gasteiger partial charge in [-0.15, -0.1) is 0 Å². The van der Waals surface area contributed by atoms with Gasteiger partial charge in [0.1, 0.15) is 0 Å². The van der Waals surface area contributed by atoms with Crippen molar-refractivity contribution in [2.24, 2.45) is 0 Å². The van der Waals surface area contributed by atoms with Crippen molar-refractivity contribution in [3.8, 4) is 0 Å². The van der Waals surface area contributed by atoms with Gasteiger partial charge in [-0.1, -0.05) is 0 Å². The van der Waals surface area contributed by atoms with Crippen molar-refractivity contribution in [3.05, 3.63) is 59.7 Å². The number of benzene rings is 2. The van der Waals surface area contributed by atoms with Gasteiger partial charge in [-0.05, 0) is 0 Å². The van der Waals surface area contributed by atoms with E-state index in [-0.39, 0.29) is 0 Å². The van der Waals surface area contributed by atoms with Gasteiger partial charge in [0.25, 0.3) is 0 Å². The molecule has 0 aliphatic carbocycles. The first-order valence-corrected chi connectivity index (χ1v) is 15.2. The van der Waals surface area contributed by atoms with Crippen LogP contribution in [0.4, 0.5) is 0 Å². The number of aromatic carboxylic acids is 2. The van der Waals surface area contributed by atoms with Crippen LogP contribution in [0.15, 0.2) is 48.5 Å². The molecule has 0 radical (unpaired) electrons. The van der Waals surface area contributed by atoms with E-state index in [1.165, 1.54) is 0 Å². The molecule has 2 N–H and O–H groups in total. The van der Waals surface area contributed by atoms with Crippen molar-refractivity contribution in [1.82, 2.24) is 0 Å². The molecule has 0 saturated heterocycles. The Balaban J connectivity index is 2.08. The third kappa shape index (κ3) is 4.23. The van der Waals surface area contributed by atoms with Crippen LogP contribution < -0.4 is 7.22 Å². The molecule has 0 spiro atoms. The Labute approximate surface area is 132 Å². The van der Waals surface area contributed by atoms with Crippen LogP contribution in [-0.2, 0) is 0 Å². The van der Waals surface area contributed by atoms with Crippen molar-refractivity contribution in [2.75, 3.05) is 0 Å². The fourth-order valence-electron chi connectivity index (χ4n) is 1.46. The summed E-state index contributed by atoms with van der Waals surface area (Å²) >= 11 is -0.889. The molecule has 2 aromatic carbocycles. The molecular formula is C14H10O4Te2. The van der Waals surface area contributed by atoms with Crippen LogP contribution >= 0.6 is 0 Å². The van der Waals surface area contributed by atoms with Crippen LogP contribution in [0.25, 0.3) is 0 Å². The zero-order valence-corrected chi connectivity index (χ0v) is 14.8. The average Bonchev–Trinajstić information content (AvgIpc) is 2.45. The first kappa shape index (κ1) is 15.3. The molecule has 6 heteroatoms. The van der Waals surface area contributed by atoms with Crippen molar-refractivity contribution < 1.29 is 19.8 Å². The molecule has 0 aliphatic heterocycles. The number of hydrogen-bond acceptors (Lipinski definition) is 2. The molecular weight excluding hydrogens is 487 g/mol. The van der Waals surface area contributed by atoms with Crippen LogP contribution in [0.3, 0.4) is 0 Å². The van der Waals surface area contributed by atoms with Gasteiger partial charge in [0, 0.05) is 0 Å².